The maximum atomic E-state index is 13.2. The molecule has 4 bridgehead atoms. The Balaban J connectivity index is 1.13. The number of carbonyl (C=O) groups excluding carboxylic acids is 2. The number of benzene rings is 1. The molecule has 31 heavy (non-hydrogen) atoms. The van der Waals surface area contributed by atoms with E-state index in [4.69, 9.17) is 9.47 Å². The molecule has 166 valence electrons. The molecular formula is C25H32N2O4. The lowest BCUT2D eigenvalue weighted by atomic mass is 9.48. The van der Waals surface area contributed by atoms with E-state index >= 15 is 0 Å². The molecule has 2 amide bonds. The van der Waals surface area contributed by atoms with Gasteiger partial charge in [-0.05, 0) is 80.8 Å². The maximum Gasteiger partial charge on any atom is 0.227 e. The van der Waals surface area contributed by atoms with Crippen LogP contribution in [0.4, 0.5) is 5.69 Å². The second-order valence-electron chi connectivity index (χ2n) is 10.7. The molecular weight excluding hydrogens is 392 g/mol. The van der Waals surface area contributed by atoms with Crippen LogP contribution in [0.25, 0.3) is 0 Å². The van der Waals surface area contributed by atoms with Gasteiger partial charge in [0.15, 0.2) is 11.5 Å². The summed E-state index contributed by atoms with van der Waals surface area (Å²) in [5.41, 5.74) is 1.06. The van der Waals surface area contributed by atoms with Gasteiger partial charge in [-0.15, -0.1) is 0 Å². The highest BCUT2D eigenvalue weighted by Crippen LogP contribution is 2.61. The van der Waals surface area contributed by atoms with Crippen molar-refractivity contribution in [1.82, 2.24) is 5.32 Å². The molecule has 0 unspecified atom stereocenters. The van der Waals surface area contributed by atoms with E-state index in [0.29, 0.717) is 31.3 Å². The van der Waals surface area contributed by atoms with Gasteiger partial charge in [0.05, 0.1) is 5.92 Å². The third-order valence-electron chi connectivity index (χ3n) is 8.70. The smallest absolute Gasteiger partial charge is 0.227 e. The monoisotopic (exact) mass is 424 g/mol. The lowest BCUT2D eigenvalue weighted by molar-refractivity contribution is -0.130. The molecule has 6 nitrogen and oxygen atoms in total. The van der Waals surface area contributed by atoms with Crippen LogP contribution < -0.4 is 19.7 Å². The topological polar surface area (TPSA) is 67.9 Å². The Labute approximate surface area is 183 Å². The summed E-state index contributed by atoms with van der Waals surface area (Å²) in [6, 6.07) is 5.76. The van der Waals surface area contributed by atoms with Gasteiger partial charge in [-0.25, -0.2) is 0 Å². The number of ether oxygens (including phenoxy) is 2. The van der Waals surface area contributed by atoms with Crippen LogP contribution in [0.15, 0.2) is 18.2 Å². The highest BCUT2D eigenvalue weighted by atomic mass is 16.6. The van der Waals surface area contributed by atoms with Gasteiger partial charge in [-0.3, -0.25) is 9.59 Å². The fourth-order valence-electron chi connectivity index (χ4n) is 7.52. The van der Waals surface area contributed by atoms with Gasteiger partial charge in [0.1, 0.15) is 13.2 Å². The Morgan fingerprint density at radius 3 is 2.39 bits per heavy atom. The fraction of sp³-hybridized carbons (Fsp3) is 0.680. The van der Waals surface area contributed by atoms with Gasteiger partial charge in [-0.1, -0.05) is 0 Å². The van der Waals surface area contributed by atoms with Crippen molar-refractivity contribution in [1.29, 1.82) is 0 Å². The van der Waals surface area contributed by atoms with Crippen LogP contribution in [-0.4, -0.2) is 37.6 Å². The number of nitrogens with one attached hydrogen (secondary N) is 1. The molecule has 5 fully saturated rings. The summed E-state index contributed by atoms with van der Waals surface area (Å²) in [6.07, 6.45) is 8.30. The lowest BCUT2D eigenvalue weighted by Gasteiger charge is -2.59. The number of fused-ring (bicyclic) bond motifs is 1. The molecule has 0 aromatic heterocycles. The Bertz CT molecular complexity index is 877. The number of carbonyl (C=O) groups is 2. The summed E-state index contributed by atoms with van der Waals surface area (Å²) in [4.78, 5) is 27.6. The van der Waals surface area contributed by atoms with Crippen LogP contribution in [0.3, 0.4) is 0 Å². The Morgan fingerprint density at radius 2 is 1.71 bits per heavy atom. The number of amides is 2. The van der Waals surface area contributed by atoms with Gasteiger partial charge >= 0.3 is 0 Å². The van der Waals surface area contributed by atoms with Gasteiger partial charge < -0.3 is 19.7 Å². The van der Waals surface area contributed by atoms with Crippen molar-refractivity contribution in [3.05, 3.63) is 18.2 Å². The van der Waals surface area contributed by atoms with Crippen LogP contribution >= 0.6 is 0 Å². The minimum Gasteiger partial charge on any atom is -0.486 e. The second-order valence-corrected chi connectivity index (χ2v) is 10.7. The Kier molecular flexibility index (Phi) is 4.48. The van der Waals surface area contributed by atoms with E-state index in [9.17, 15) is 9.59 Å². The average Bonchev–Trinajstić information content (AvgIpc) is 3.14. The molecule has 2 heterocycles. The minimum atomic E-state index is -0.294. The molecule has 2 aliphatic heterocycles. The number of nitrogens with zero attached hydrogens (tertiary/aromatic N) is 1. The third-order valence-corrected chi connectivity index (χ3v) is 8.70. The van der Waals surface area contributed by atoms with Crippen LogP contribution in [0.2, 0.25) is 0 Å². The predicted octanol–water partition coefficient (Wildman–Crippen LogP) is 3.53. The first kappa shape index (κ1) is 19.4. The molecule has 6 aliphatic rings. The van der Waals surface area contributed by atoms with E-state index in [1.54, 1.807) is 4.90 Å². The van der Waals surface area contributed by atoms with E-state index in [1.165, 1.54) is 38.5 Å². The van der Waals surface area contributed by atoms with E-state index in [2.05, 4.69) is 12.2 Å². The molecule has 1 saturated heterocycles. The van der Waals surface area contributed by atoms with Gasteiger partial charge in [-0.2, -0.15) is 0 Å². The number of rotatable bonds is 4. The van der Waals surface area contributed by atoms with Gasteiger partial charge in [0, 0.05) is 30.8 Å². The number of hydrogen-bond acceptors (Lipinski definition) is 4. The van der Waals surface area contributed by atoms with E-state index in [0.717, 1.165) is 23.4 Å². The van der Waals surface area contributed by atoms with Crippen molar-refractivity contribution < 1.29 is 19.1 Å². The standard InChI is InChI=1S/C25H32N2O4/c1-15(25-11-16-6-17(12-25)8-18(7-16)13-25)26-24(29)19-9-23(28)27(14-19)20-2-3-21-22(10-20)31-5-4-30-21/h2-3,10,15-19H,4-9,11-14H2,1H3,(H,26,29)/t15-,16?,17?,18?,19-,25?/m1/s1. The first-order chi connectivity index (χ1) is 15.0. The van der Waals surface area contributed by atoms with Gasteiger partial charge in [0.25, 0.3) is 0 Å². The molecule has 1 aromatic rings. The SMILES string of the molecule is C[C@@H](NC(=O)[C@@H]1CC(=O)N(c2ccc3c(c2)OCCO3)C1)C12CC3CC(CC(C3)C1)C2. The average molecular weight is 425 g/mol. The Hall–Kier alpha value is -2.24. The van der Waals surface area contributed by atoms with Crippen molar-refractivity contribution in [3.63, 3.8) is 0 Å². The number of hydrogen-bond donors (Lipinski definition) is 1. The van der Waals surface area contributed by atoms with Crippen LogP contribution in [0, 0.1) is 29.1 Å². The molecule has 2 atom stereocenters. The quantitative estimate of drug-likeness (QED) is 0.803. The van der Waals surface area contributed by atoms with Gasteiger partial charge in [0.2, 0.25) is 11.8 Å². The highest BCUT2D eigenvalue weighted by molar-refractivity contribution is 6.00. The maximum absolute atomic E-state index is 13.2. The molecule has 0 spiro atoms. The van der Waals surface area contributed by atoms with Crippen molar-refractivity contribution in [2.45, 2.75) is 57.9 Å². The van der Waals surface area contributed by atoms with Crippen molar-refractivity contribution in [2.24, 2.45) is 29.1 Å². The zero-order chi connectivity index (χ0) is 21.2. The second kappa shape index (κ2) is 7.14. The molecule has 4 saturated carbocycles. The van der Waals surface area contributed by atoms with Crippen molar-refractivity contribution in [3.8, 4) is 11.5 Å². The molecule has 4 aliphatic carbocycles. The van der Waals surface area contributed by atoms with E-state index in [-0.39, 0.29) is 35.6 Å². The molecule has 6 heteroatoms. The normalized spacial score (nSPS) is 36.5. The third kappa shape index (κ3) is 3.30. The van der Waals surface area contributed by atoms with Crippen molar-refractivity contribution >= 4 is 17.5 Å². The van der Waals surface area contributed by atoms with Crippen LogP contribution in [-0.2, 0) is 9.59 Å². The molecule has 7 rings (SSSR count). The summed E-state index contributed by atoms with van der Waals surface area (Å²) >= 11 is 0. The van der Waals surface area contributed by atoms with E-state index < -0.39 is 0 Å². The molecule has 0 radical (unpaired) electrons. The highest BCUT2D eigenvalue weighted by Gasteiger charge is 2.53. The fourth-order valence-corrected chi connectivity index (χ4v) is 7.52. The van der Waals surface area contributed by atoms with Crippen LogP contribution in [0.1, 0.15) is 51.9 Å². The first-order valence-electron chi connectivity index (χ1n) is 12.0. The summed E-state index contributed by atoms with van der Waals surface area (Å²) in [5.74, 6) is 3.71. The van der Waals surface area contributed by atoms with Crippen LogP contribution in [0.5, 0.6) is 11.5 Å². The largest absolute Gasteiger partial charge is 0.486 e. The summed E-state index contributed by atoms with van der Waals surface area (Å²) in [7, 11) is 0. The summed E-state index contributed by atoms with van der Waals surface area (Å²) in [6.45, 7) is 3.69. The minimum absolute atomic E-state index is 0.000662. The summed E-state index contributed by atoms with van der Waals surface area (Å²) in [5, 5.41) is 3.36. The zero-order valence-corrected chi connectivity index (χ0v) is 18.3. The predicted molar refractivity (Wildman–Crippen MR) is 116 cm³/mol. The Morgan fingerprint density at radius 1 is 1.06 bits per heavy atom. The number of anilines is 1. The van der Waals surface area contributed by atoms with Crippen molar-refractivity contribution in [2.75, 3.05) is 24.7 Å². The zero-order valence-electron chi connectivity index (χ0n) is 18.3. The lowest BCUT2D eigenvalue weighted by Crippen LogP contribution is -2.56. The summed E-state index contributed by atoms with van der Waals surface area (Å²) < 4.78 is 11.2. The molecule has 1 N–H and O–H groups in total. The first-order valence-corrected chi connectivity index (χ1v) is 12.0. The molecule has 1 aromatic carbocycles. The van der Waals surface area contributed by atoms with E-state index in [1.807, 2.05) is 18.2 Å².